The molecule has 1 aromatic carbocycles. The summed E-state index contributed by atoms with van der Waals surface area (Å²) in [6, 6.07) is 13.9. The SMILES string of the molecule is COc1ncccc1C(=O)NCCc1cccc(Oc2ccnc(C(N)=O)c2)c1. The lowest BCUT2D eigenvalue weighted by Gasteiger charge is -2.10. The molecule has 0 spiro atoms. The van der Waals surface area contributed by atoms with Crippen LogP contribution in [-0.4, -0.2) is 35.4 Å². The van der Waals surface area contributed by atoms with Gasteiger partial charge in [-0.3, -0.25) is 14.6 Å². The number of hydrogen-bond acceptors (Lipinski definition) is 6. The van der Waals surface area contributed by atoms with E-state index in [0.29, 0.717) is 30.0 Å². The van der Waals surface area contributed by atoms with Crippen LogP contribution in [0.3, 0.4) is 0 Å². The molecule has 29 heavy (non-hydrogen) atoms. The normalized spacial score (nSPS) is 10.2. The molecule has 0 aliphatic rings. The van der Waals surface area contributed by atoms with Gasteiger partial charge >= 0.3 is 0 Å². The number of primary amides is 1. The minimum absolute atomic E-state index is 0.132. The van der Waals surface area contributed by atoms with E-state index in [2.05, 4.69) is 15.3 Å². The van der Waals surface area contributed by atoms with E-state index in [9.17, 15) is 9.59 Å². The van der Waals surface area contributed by atoms with Crippen LogP contribution in [0.25, 0.3) is 0 Å². The van der Waals surface area contributed by atoms with Crippen molar-refractivity contribution in [2.75, 3.05) is 13.7 Å². The number of amides is 2. The Morgan fingerprint density at radius 2 is 1.86 bits per heavy atom. The van der Waals surface area contributed by atoms with E-state index in [-0.39, 0.29) is 17.5 Å². The van der Waals surface area contributed by atoms with Crippen LogP contribution in [0.15, 0.2) is 60.9 Å². The lowest BCUT2D eigenvalue weighted by Crippen LogP contribution is -2.26. The third kappa shape index (κ3) is 5.29. The summed E-state index contributed by atoms with van der Waals surface area (Å²) in [5.41, 5.74) is 6.73. The van der Waals surface area contributed by atoms with Crippen molar-refractivity contribution in [3.8, 4) is 17.4 Å². The van der Waals surface area contributed by atoms with Gasteiger partial charge in [0.05, 0.1) is 7.11 Å². The molecule has 0 saturated heterocycles. The number of benzene rings is 1. The summed E-state index contributed by atoms with van der Waals surface area (Å²) in [4.78, 5) is 31.4. The van der Waals surface area contributed by atoms with E-state index < -0.39 is 5.91 Å². The topological polar surface area (TPSA) is 116 Å². The number of nitrogens with two attached hydrogens (primary N) is 1. The standard InChI is InChI=1S/C21H20N4O4/c1-28-21-17(6-3-9-25-21)20(27)24-10-7-14-4-2-5-15(12-14)29-16-8-11-23-18(13-16)19(22)26/h2-6,8-9,11-13H,7,10H2,1H3,(H2,22,26)(H,24,27). The summed E-state index contributed by atoms with van der Waals surface area (Å²) in [5, 5.41) is 2.85. The lowest BCUT2D eigenvalue weighted by molar-refractivity contribution is 0.0949. The molecule has 148 valence electrons. The summed E-state index contributed by atoms with van der Waals surface area (Å²) >= 11 is 0. The Hall–Kier alpha value is -3.94. The Kier molecular flexibility index (Phi) is 6.36. The van der Waals surface area contributed by atoms with Crippen LogP contribution in [0.5, 0.6) is 17.4 Å². The lowest BCUT2D eigenvalue weighted by atomic mass is 10.1. The van der Waals surface area contributed by atoms with E-state index in [0.717, 1.165) is 5.56 Å². The Bertz CT molecular complexity index is 1020. The summed E-state index contributed by atoms with van der Waals surface area (Å²) in [7, 11) is 1.47. The quantitative estimate of drug-likeness (QED) is 0.608. The van der Waals surface area contributed by atoms with Gasteiger partial charge in [-0.25, -0.2) is 4.98 Å². The molecule has 8 heteroatoms. The summed E-state index contributed by atoms with van der Waals surface area (Å²) in [6.45, 7) is 0.432. The first-order chi connectivity index (χ1) is 14.1. The molecule has 0 unspecified atom stereocenters. The molecule has 0 bridgehead atoms. The number of rotatable bonds is 8. The first-order valence-corrected chi connectivity index (χ1v) is 8.86. The predicted octanol–water partition coefficient (Wildman–Crippen LogP) is 2.35. The molecule has 3 aromatic rings. The molecular formula is C21H20N4O4. The maximum absolute atomic E-state index is 12.3. The zero-order valence-corrected chi connectivity index (χ0v) is 15.8. The van der Waals surface area contributed by atoms with E-state index in [1.807, 2.05) is 18.2 Å². The minimum atomic E-state index is -0.620. The van der Waals surface area contributed by atoms with Gasteiger partial charge in [-0.15, -0.1) is 0 Å². The van der Waals surface area contributed by atoms with Gasteiger partial charge in [0.1, 0.15) is 22.8 Å². The molecule has 8 nitrogen and oxygen atoms in total. The highest BCUT2D eigenvalue weighted by Crippen LogP contribution is 2.22. The average Bonchev–Trinajstić information content (AvgIpc) is 2.74. The Morgan fingerprint density at radius 1 is 1.03 bits per heavy atom. The molecule has 3 N–H and O–H groups in total. The van der Waals surface area contributed by atoms with Gasteiger partial charge in [-0.05, 0) is 42.3 Å². The molecule has 2 aromatic heterocycles. The van der Waals surface area contributed by atoms with Gasteiger partial charge in [0.15, 0.2) is 0 Å². The van der Waals surface area contributed by atoms with Crippen LogP contribution >= 0.6 is 0 Å². The average molecular weight is 392 g/mol. The monoisotopic (exact) mass is 392 g/mol. The smallest absolute Gasteiger partial charge is 0.267 e. The highest BCUT2D eigenvalue weighted by molar-refractivity contribution is 5.96. The first kappa shape index (κ1) is 19.8. The molecule has 0 aliphatic carbocycles. The molecule has 0 radical (unpaired) electrons. The van der Waals surface area contributed by atoms with E-state index in [1.54, 1.807) is 30.5 Å². The Balaban J connectivity index is 1.59. The van der Waals surface area contributed by atoms with Gasteiger partial charge < -0.3 is 20.5 Å². The minimum Gasteiger partial charge on any atom is -0.480 e. The predicted molar refractivity (Wildman–Crippen MR) is 106 cm³/mol. The highest BCUT2D eigenvalue weighted by atomic mass is 16.5. The summed E-state index contributed by atoms with van der Waals surface area (Å²) in [6.07, 6.45) is 3.63. The third-order valence-electron chi connectivity index (χ3n) is 4.03. The van der Waals surface area contributed by atoms with E-state index in [1.165, 1.54) is 19.4 Å². The van der Waals surface area contributed by atoms with Gasteiger partial charge in [-0.1, -0.05) is 12.1 Å². The Morgan fingerprint density at radius 3 is 2.66 bits per heavy atom. The van der Waals surface area contributed by atoms with Gasteiger partial charge in [0.25, 0.3) is 11.8 Å². The number of carbonyl (C=O) groups excluding carboxylic acids is 2. The van der Waals surface area contributed by atoms with Crippen LogP contribution in [0.1, 0.15) is 26.4 Å². The second-order valence-electron chi connectivity index (χ2n) is 6.06. The Labute approximate surface area is 167 Å². The zero-order chi connectivity index (χ0) is 20.6. The number of ether oxygens (including phenoxy) is 2. The molecule has 2 amide bonds. The third-order valence-corrected chi connectivity index (χ3v) is 4.03. The molecule has 0 atom stereocenters. The van der Waals surface area contributed by atoms with Crippen molar-refractivity contribution in [3.05, 3.63) is 77.7 Å². The molecule has 0 saturated carbocycles. The number of aromatic nitrogens is 2. The van der Waals surface area contributed by atoms with Crippen LogP contribution < -0.4 is 20.5 Å². The number of carbonyl (C=O) groups is 2. The van der Waals surface area contributed by atoms with Crippen molar-refractivity contribution in [3.63, 3.8) is 0 Å². The fourth-order valence-electron chi connectivity index (χ4n) is 2.65. The van der Waals surface area contributed by atoms with Gasteiger partial charge in [-0.2, -0.15) is 0 Å². The number of nitrogens with zero attached hydrogens (tertiary/aromatic N) is 2. The largest absolute Gasteiger partial charge is 0.480 e. The van der Waals surface area contributed by atoms with Gasteiger partial charge in [0.2, 0.25) is 5.88 Å². The van der Waals surface area contributed by atoms with Crippen LogP contribution in [0, 0.1) is 0 Å². The summed E-state index contributed by atoms with van der Waals surface area (Å²) < 4.78 is 10.9. The van der Waals surface area contributed by atoms with Crippen molar-refractivity contribution in [2.45, 2.75) is 6.42 Å². The van der Waals surface area contributed by atoms with Crippen molar-refractivity contribution in [2.24, 2.45) is 5.73 Å². The summed E-state index contributed by atoms with van der Waals surface area (Å²) in [5.74, 6) is 0.476. The van der Waals surface area contributed by atoms with Crippen molar-refractivity contribution in [1.82, 2.24) is 15.3 Å². The number of methoxy groups -OCH3 is 1. The highest BCUT2D eigenvalue weighted by Gasteiger charge is 2.12. The van der Waals surface area contributed by atoms with Crippen LogP contribution in [-0.2, 0) is 6.42 Å². The molecule has 3 rings (SSSR count). The van der Waals surface area contributed by atoms with Crippen LogP contribution in [0.4, 0.5) is 0 Å². The molecule has 0 fully saturated rings. The van der Waals surface area contributed by atoms with Crippen LogP contribution in [0.2, 0.25) is 0 Å². The van der Waals surface area contributed by atoms with Gasteiger partial charge in [0, 0.05) is 25.0 Å². The second-order valence-corrected chi connectivity index (χ2v) is 6.06. The maximum Gasteiger partial charge on any atom is 0.267 e. The molecule has 0 aliphatic heterocycles. The first-order valence-electron chi connectivity index (χ1n) is 8.86. The zero-order valence-electron chi connectivity index (χ0n) is 15.8. The fraction of sp³-hybridized carbons (Fsp3) is 0.143. The molecule has 2 heterocycles. The number of pyridine rings is 2. The van der Waals surface area contributed by atoms with Crippen molar-refractivity contribution >= 4 is 11.8 Å². The van der Waals surface area contributed by atoms with Crippen molar-refractivity contribution < 1.29 is 19.1 Å². The number of hydrogen-bond donors (Lipinski definition) is 2. The van der Waals surface area contributed by atoms with E-state index in [4.69, 9.17) is 15.2 Å². The number of nitrogens with one attached hydrogen (secondary N) is 1. The second kappa shape index (κ2) is 9.32. The maximum atomic E-state index is 12.3. The van der Waals surface area contributed by atoms with Crippen molar-refractivity contribution in [1.29, 1.82) is 0 Å². The molecular weight excluding hydrogens is 372 g/mol. The fourth-order valence-corrected chi connectivity index (χ4v) is 2.65. The van der Waals surface area contributed by atoms with E-state index >= 15 is 0 Å².